The number of ether oxygens (including phenoxy) is 1. The minimum absolute atomic E-state index is 0.00623. The van der Waals surface area contributed by atoms with Gasteiger partial charge in [-0.15, -0.1) is 0 Å². The first-order chi connectivity index (χ1) is 14.3. The standard InChI is InChI=1S/C21H19N3O5S/c1-4-23-19(25)18(12-14-6-5-13(2)17(11-14)24(27)28)30-21(23)22-16-9-7-15(8-10-16)20(26)29-3/h5-12H,4H2,1-3H3/b18-12+,22-21?. The monoisotopic (exact) mass is 425 g/mol. The molecule has 0 saturated carbocycles. The van der Waals surface area contributed by atoms with Crippen LogP contribution < -0.4 is 0 Å². The van der Waals surface area contributed by atoms with Crippen LogP contribution in [0.2, 0.25) is 0 Å². The lowest BCUT2D eigenvalue weighted by molar-refractivity contribution is -0.385. The number of nitro groups is 1. The fourth-order valence-corrected chi connectivity index (χ4v) is 3.90. The molecule has 0 aromatic heterocycles. The van der Waals surface area contributed by atoms with Crippen molar-refractivity contribution in [3.63, 3.8) is 0 Å². The van der Waals surface area contributed by atoms with Gasteiger partial charge in [-0.2, -0.15) is 0 Å². The molecule has 1 aliphatic heterocycles. The van der Waals surface area contributed by atoms with Crippen molar-refractivity contribution in [2.75, 3.05) is 13.7 Å². The Morgan fingerprint density at radius 3 is 2.57 bits per heavy atom. The second-order valence-electron chi connectivity index (χ2n) is 6.40. The molecule has 0 radical (unpaired) electrons. The average molecular weight is 425 g/mol. The molecule has 0 bridgehead atoms. The molecule has 0 atom stereocenters. The van der Waals surface area contributed by atoms with E-state index in [0.717, 1.165) is 0 Å². The van der Waals surface area contributed by atoms with Crippen LogP contribution in [0.15, 0.2) is 52.4 Å². The van der Waals surface area contributed by atoms with Crippen LogP contribution >= 0.6 is 11.8 Å². The molecule has 1 fully saturated rings. The van der Waals surface area contributed by atoms with Gasteiger partial charge >= 0.3 is 5.97 Å². The van der Waals surface area contributed by atoms with Gasteiger partial charge in [-0.1, -0.05) is 12.1 Å². The highest BCUT2D eigenvalue weighted by molar-refractivity contribution is 8.18. The second kappa shape index (κ2) is 8.91. The predicted octanol–water partition coefficient (Wildman–Crippen LogP) is 4.31. The van der Waals surface area contributed by atoms with Gasteiger partial charge < -0.3 is 4.74 Å². The SMILES string of the molecule is CCN1C(=O)/C(=C\c2ccc(C)c([N+](=O)[O-])c2)SC1=Nc1ccc(C(=O)OC)cc1. The van der Waals surface area contributed by atoms with Crippen LogP contribution in [-0.4, -0.2) is 40.5 Å². The molecule has 0 unspecified atom stereocenters. The van der Waals surface area contributed by atoms with E-state index in [1.807, 2.05) is 6.92 Å². The van der Waals surface area contributed by atoms with Crippen molar-refractivity contribution >= 4 is 46.3 Å². The van der Waals surface area contributed by atoms with Gasteiger partial charge in [0.2, 0.25) is 0 Å². The minimum Gasteiger partial charge on any atom is -0.465 e. The summed E-state index contributed by atoms with van der Waals surface area (Å²) in [6.45, 7) is 3.93. The summed E-state index contributed by atoms with van der Waals surface area (Å²) in [5.41, 5.74) is 2.13. The topological polar surface area (TPSA) is 102 Å². The van der Waals surface area contributed by atoms with Crippen molar-refractivity contribution in [2.45, 2.75) is 13.8 Å². The number of carbonyl (C=O) groups excluding carboxylic acids is 2. The molecule has 0 N–H and O–H groups in total. The van der Waals surface area contributed by atoms with Crippen molar-refractivity contribution in [1.29, 1.82) is 0 Å². The zero-order valence-corrected chi connectivity index (χ0v) is 17.4. The fraction of sp³-hybridized carbons (Fsp3) is 0.190. The molecule has 3 rings (SSSR count). The van der Waals surface area contributed by atoms with Gasteiger partial charge in [0.15, 0.2) is 5.17 Å². The number of methoxy groups -OCH3 is 1. The smallest absolute Gasteiger partial charge is 0.337 e. The molecule has 1 saturated heterocycles. The number of hydrogen-bond acceptors (Lipinski definition) is 7. The van der Waals surface area contributed by atoms with Gasteiger partial charge in [-0.25, -0.2) is 9.79 Å². The normalized spacial score (nSPS) is 16.4. The maximum atomic E-state index is 12.8. The molecular formula is C21H19N3O5S. The Morgan fingerprint density at radius 2 is 1.97 bits per heavy atom. The molecule has 9 heteroatoms. The third-order valence-corrected chi connectivity index (χ3v) is 5.45. The van der Waals surface area contributed by atoms with E-state index in [1.54, 1.807) is 49.4 Å². The average Bonchev–Trinajstić information content (AvgIpc) is 3.03. The molecule has 2 aromatic carbocycles. The molecule has 1 aliphatic rings. The molecule has 1 heterocycles. The van der Waals surface area contributed by atoms with Crippen LogP contribution in [0.25, 0.3) is 6.08 Å². The van der Waals surface area contributed by atoms with E-state index in [4.69, 9.17) is 0 Å². The largest absolute Gasteiger partial charge is 0.465 e. The lowest BCUT2D eigenvalue weighted by atomic mass is 10.1. The highest BCUT2D eigenvalue weighted by atomic mass is 32.2. The van der Waals surface area contributed by atoms with Crippen molar-refractivity contribution in [3.8, 4) is 0 Å². The molecule has 30 heavy (non-hydrogen) atoms. The number of aryl methyl sites for hydroxylation is 1. The van der Waals surface area contributed by atoms with Gasteiger partial charge in [0.05, 0.1) is 28.2 Å². The van der Waals surface area contributed by atoms with Crippen molar-refractivity contribution < 1.29 is 19.2 Å². The number of thioether (sulfide) groups is 1. The maximum absolute atomic E-state index is 12.8. The Hall–Kier alpha value is -3.46. The predicted molar refractivity (Wildman–Crippen MR) is 116 cm³/mol. The lowest BCUT2D eigenvalue weighted by Crippen LogP contribution is -2.28. The van der Waals surface area contributed by atoms with Gasteiger partial charge in [-0.3, -0.25) is 19.8 Å². The number of aliphatic imine (C=N–C) groups is 1. The number of nitro benzene ring substituents is 1. The van der Waals surface area contributed by atoms with Crippen LogP contribution in [0.5, 0.6) is 0 Å². The molecule has 8 nitrogen and oxygen atoms in total. The van der Waals surface area contributed by atoms with E-state index in [0.29, 0.717) is 39.0 Å². The summed E-state index contributed by atoms with van der Waals surface area (Å²) in [6.07, 6.45) is 1.63. The first kappa shape index (κ1) is 21.3. The number of likely N-dealkylation sites (N-methyl/N-ethyl adjacent to an activating group) is 1. The van der Waals surface area contributed by atoms with E-state index in [-0.39, 0.29) is 11.6 Å². The van der Waals surface area contributed by atoms with Gasteiger partial charge in [0.25, 0.3) is 11.6 Å². The van der Waals surface area contributed by atoms with E-state index in [1.165, 1.54) is 29.8 Å². The van der Waals surface area contributed by atoms with Crippen LogP contribution in [0.1, 0.15) is 28.4 Å². The third kappa shape index (κ3) is 4.41. The maximum Gasteiger partial charge on any atom is 0.337 e. The third-order valence-electron chi connectivity index (χ3n) is 4.45. The summed E-state index contributed by atoms with van der Waals surface area (Å²) in [5.74, 6) is -0.650. The van der Waals surface area contributed by atoms with Gasteiger partial charge in [0, 0.05) is 18.2 Å². The van der Waals surface area contributed by atoms with Gasteiger partial charge in [-0.05, 0) is 61.5 Å². The number of esters is 1. The summed E-state index contributed by atoms with van der Waals surface area (Å²) < 4.78 is 4.68. The number of nitrogens with zero attached hydrogens (tertiary/aromatic N) is 3. The number of rotatable bonds is 5. The summed E-state index contributed by atoms with van der Waals surface area (Å²) >= 11 is 1.20. The van der Waals surface area contributed by atoms with Gasteiger partial charge in [0.1, 0.15) is 0 Å². The van der Waals surface area contributed by atoms with E-state index in [2.05, 4.69) is 9.73 Å². The molecule has 0 spiro atoms. The van der Waals surface area contributed by atoms with Crippen LogP contribution in [0.3, 0.4) is 0 Å². The zero-order valence-electron chi connectivity index (χ0n) is 16.6. The highest BCUT2D eigenvalue weighted by Gasteiger charge is 2.32. The lowest BCUT2D eigenvalue weighted by Gasteiger charge is -2.12. The molecule has 2 aromatic rings. The molecule has 0 aliphatic carbocycles. The summed E-state index contributed by atoms with van der Waals surface area (Å²) in [6, 6.07) is 11.4. The van der Waals surface area contributed by atoms with E-state index >= 15 is 0 Å². The molecule has 1 amide bonds. The van der Waals surface area contributed by atoms with Crippen molar-refractivity contribution in [1.82, 2.24) is 4.90 Å². The molecule has 154 valence electrons. The summed E-state index contributed by atoms with van der Waals surface area (Å²) in [7, 11) is 1.31. The van der Waals surface area contributed by atoms with Crippen molar-refractivity contribution in [2.24, 2.45) is 4.99 Å². The number of hydrogen-bond donors (Lipinski definition) is 0. The Bertz CT molecular complexity index is 1080. The summed E-state index contributed by atoms with van der Waals surface area (Å²) in [5, 5.41) is 11.7. The van der Waals surface area contributed by atoms with E-state index < -0.39 is 10.9 Å². The highest BCUT2D eigenvalue weighted by Crippen LogP contribution is 2.34. The number of benzene rings is 2. The number of carbonyl (C=O) groups is 2. The zero-order chi connectivity index (χ0) is 21.8. The Balaban J connectivity index is 1.90. The quantitative estimate of drug-likeness (QED) is 0.306. The Morgan fingerprint density at radius 1 is 1.27 bits per heavy atom. The Kier molecular flexibility index (Phi) is 6.31. The number of amides is 1. The first-order valence-electron chi connectivity index (χ1n) is 9.07. The van der Waals surface area contributed by atoms with E-state index in [9.17, 15) is 19.7 Å². The van der Waals surface area contributed by atoms with Crippen molar-refractivity contribution in [3.05, 3.63) is 74.2 Å². The second-order valence-corrected chi connectivity index (χ2v) is 7.41. The van der Waals surface area contributed by atoms with Crippen LogP contribution in [0.4, 0.5) is 11.4 Å². The summed E-state index contributed by atoms with van der Waals surface area (Å²) in [4.78, 5) is 41.5. The fourth-order valence-electron chi connectivity index (χ4n) is 2.83. The first-order valence-corrected chi connectivity index (χ1v) is 9.89. The molecular weight excluding hydrogens is 406 g/mol. The van der Waals surface area contributed by atoms with Crippen LogP contribution in [0, 0.1) is 17.0 Å². The number of amidine groups is 1. The van der Waals surface area contributed by atoms with Crippen LogP contribution in [-0.2, 0) is 9.53 Å². The Labute approximate surface area is 177 Å². The minimum atomic E-state index is -0.440.